The molecule has 0 saturated heterocycles. The number of hydrogen-bond acceptors (Lipinski definition) is 5. The Labute approximate surface area is 174 Å². The van der Waals surface area contributed by atoms with Gasteiger partial charge in [0.1, 0.15) is 0 Å². The molecule has 0 aliphatic rings. The predicted molar refractivity (Wildman–Crippen MR) is 115 cm³/mol. The van der Waals surface area contributed by atoms with Crippen LogP contribution in [-0.2, 0) is 4.79 Å². The normalized spacial score (nSPS) is 10.7. The van der Waals surface area contributed by atoms with Crippen LogP contribution in [-0.4, -0.2) is 26.3 Å². The highest BCUT2D eigenvalue weighted by Gasteiger charge is 2.19. The van der Waals surface area contributed by atoms with Crippen molar-refractivity contribution in [2.24, 2.45) is 0 Å². The minimum atomic E-state index is -0.356. The number of para-hydroxylation sites is 1. The molecular weight excluding hydrogens is 410 g/mol. The van der Waals surface area contributed by atoms with E-state index in [4.69, 9.17) is 11.6 Å². The summed E-state index contributed by atoms with van der Waals surface area (Å²) in [5.74, 6) is -0.385. The van der Waals surface area contributed by atoms with E-state index in [2.05, 4.69) is 27.2 Å². The zero-order valence-electron chi connectivity index (χ0n) is 14.9. The number of nitrogens with zero attached hydrogens (tertiary/aromatic N) is 3. The lowest BCUT2D eigenvalue weighted by molar-refractivity contribution is -0.111. The van der Waals surface area contributed by atoms with Gasteiger partial charge >= 0.3 is 0 Å². The number of carbonyl (C=O) groups is 2. The number of hydrogen-bond donors (Lipinski definition) is 2. The van der Waals surface area contributed by atoms with Crippen molar-refractivity contribution in [3.05, 3.63) is 76.7 Å². The molecule has 3 heterocycles. The van der Waals surface area contributed by atoms with E-state index in [1.165, 1.54) is 11.3 Å². The number of halogens is 1. The molecule has 2 amide bonds. The van der Waals surface area contributed by atoms with Crippen LogP contribution >= 0.6 is 22.9 Å². The summed E-state index contributed by atoms with van der Waals surface area (Å²) in [5.41, 5.74) is 2.54. The molecule has 9 heteroatoms. The molecule has 0 unspecified atom stereocenters. The van der Waals surface area contributed by atoms with Gasteiger partial charge in [0.15, 0.2) is 0 Å². The van der Waals surface area contributed by atoms with Gasteiger partial charge in [0.25, 0.3) is 5.91 Å². The Kier molecular flexibility index (Phi) is 5.11. The number of amides is 2. The summed E-state index contributed by atoms with van der Waals surface area (Å²) in [5, 5.41) is 7.63. The smallest absolute Gasteiger partial charge is 0.268 e. The van der Waals surface area contributed by atoms with E-state index in [1.807, 2.05) is 12.1 Å². The van der Waals surface area contributed by atoms with Gasteiger partial charge < -0.3 is 5.32 Å². The van der Waals surface area contributed by atoms with Crippen LogP contribution in [0.2, 0.25) is 5.02 Å². The molecule has 1 aromatic carbocycles. The summed E-state index contributed by atoms with van der Waals surface area (Å²) in [7, 11) is 0. The second-order valence-corrected chi connectivity index (χ2v) is 7.26. The Morgan fingerprint density at radius 2 is 2.07 bits per heavy atom. The van der Waals surface area contributed by atoms with Crippen LogP contribution < -0.4 is 10.6 Å². The third kappa shape index (κ3) is 3.75. The highest BCUT2D eigenvalue weighted by atomic mass is 35.5. The summed E-state index contributed by atoms with van der Waals surface area (Å²) >= 11 is 7.61. The molecule has 2 N–H and O–H groups in total. The first-order chi connectivity index (χ1) is 14.1. The fraction of sp³-hybridized carbons (Fsp3) is 0. The molecule has 29 heavy (non-hydrogen) atoms. The van der Waals surface area contributed by atoms with Crippen LogP contribution in [0.25, 0.3) is 16.7 Å². The number of thiophene rings is 1. The van der Waals surface area contributed by atoms with Gasteiger partial charge in [0, 0.05) is 11.6 Å². The molecule has 144 valence electrons. The van der Waals surface area contributed by atoms with Crippen molar-refractivity contribution in [3.63, 3.8) is 0 Å². The highest BCUT2D eigenvalue weighted by molar-refractivity contribution is 7.12. The van der Waals surface area contributed by atoms with Gasteiger partial charge in [-0.1, -0.05) is 24.2 Å². The Balaban J connectivity index is 1.71. The molecule has 0 spiro atoms. The zero-order valence-corrected chi connectivity index (χ0v) is 16.5. The fourth-order valence-electron chi connectivity index (χ4n) is 2.78. The summed E-state index contributed by atoms with van der Waals surface area (Å²) in [6.45, 7) is 3.41. The number of aromatic nitrogens is 3. The number of benzene rings is 1. The Morgan fingerprint density at radius 3 is 2.83 bits per heavy atom. The van der Waals surface area contributed by atoms with E-state index < -0.39 is 0 Å². The Bertz CT molecular complexity index is 1230. The van der Waals surface area contributed by atoms with E-state index in [0.29, 0.717) is 38.3 Å². The lowest BCUT2D eigenvalue weighted by Gasteiger charge is -2.10. The molecule has 3 aromatic heterocycles. The average molecular weight is 424 g/mol. The van der Waals surface area contributed by atoms with Crippen molar-refractivity contribution in [3.8, 4) is 5.69 Å². The SMILES string of the molecule is C=CC(=O)Nc1csc(C(=O)Nc2nc3cccc(Cl)c3n2-c2cccnc2)c1. The van der Waals surface area contributed by atoms with Crippen LogP contribution in [0, 0.1) is 0 Å². The highest BCUT2D eigenvalue weighted by Crippen LogP contribution is 2.30. The maximum absolute atomic E-state index is 12.8. The molecule has 4 rings (SSSR count). The molecule has 0 bridgehead atoms. The van der Waals surface area contributed by atoms with Gasteiger partial charge in [0.05, 0.1) is 38.5 Å². The first kappa shape index (κ1) is 18.9. The number of anilines is 2. The Hall–Kier alpha value is -3.49. The van der Waals surface area contributed by atoms with Gasteiger partial charge in [-0.2, -0.15) is 0 Å². The van der Waals surface area contributed by atoms with Crippen molar-refractivity contribution in [2.75, 3.05) is 10.6 Å². The second kappa shape index (κ2) is 7.86. The number of nitrogens with one attached hydrogen (secondary N) is 2. The molecule has 0 aliphatic heterocycles. The van der Waals surface area contributed by atoms with Gasteiger partial charge in [-0.25, -0.2) is 4.98 Å². The molecular formula is C20H14ClN5O2S. The minimum absolute atomic E-state index is 0.316. The number of carbonyl (C=O) groups excluding carboxylic acids is 2. The van der Waals surface area contributed by atoms with E-state index in [9.17, 15) is 9.59 Å². The van der Waals surface area contributed by atoms with Gasteiger partial charge in [-0.05, 0) is 36.4 Å². The summed E-state index contributed by atoms with van der Waals surface area (Å²) in [6.07, 6.45) is 4.48. The summed E-state index contributed by atoms with van der Waals surface area (Å²) in [4.78, 5) is 33.3. The van der Waals surface area contributed by atoms with E-state index in [-0.39, 0.29) is 11.8 Å². The largest absolute Gasteiger partial charge is 0.322 e. The molecule has 0 atom stereocenters. The third-order valence-electron chi connectivity index (χ3n) is 4.03. The van der Waals surface area contributed by atoms with E-state index >= 15 is 0 Å². The minimum Gasteiger partial charge on any atom is -0.322 e. The van der Waals surface area contributed by atoms with E-state index in [1.54, 1.807) is 46.6 Å². The van der Waals surface area contributed by atoms with Gasteiger partial charge in [-0.3, -0.25) is 24.5 Å². The lowest BCUT2D eigenvalue weighted by Crippen LogP contribution is -2.14. The monoisotopic (exact) mass is 423 g/mol. The number of imidazole rings is 1. The van der Waals surface area contributed by atoms with Gasteiger partial charge in [-0.15, -0.1) is 11.3 Å². The first-order valence-corrected chi connectivity index (χ1v) is 9.73. The number of fused-ring (bicyclic) bond motifs is 1. The molecule has 0 fully saturated rings. The molecule has 0 radical (unpaired) electrons. The van der Waals surface area contributed by atoms with E-state index in [0.717, 1.165) is 6.08 Å². The number of pyridine rings is 1. The van der Waals surface area contributed by atoms with Crippen molar-refractivity contribution in [2.45, 2.75) is 0 Å². The van der Waals surface area contributed by atoms with Crippen molar-refractivity contribution >= 4 is 57.4 Å². The maximum atomic E-state index is 12.8. The van der Waals surface area contributed by atoms with Crippen LogP contribution in [0.1, 0.15) is 9.67 Å². The standard InChI is InChI=1S/C20H14ClN5O2S/c1-2-17(27)23-12-9-16(29-11-12)19(28)25-20-24-15-7-3-6-14(21)18(15)26(20)13-5-4-8-22-10-13/h2-11H,1H2,(H,23,27)(H,24,25,28). The van der Waals surface area contributed by atoms with Crippen molar-refractivity contribution in [1.29, 1.82) is 0 Å². The summed E-state index contributed by atoms with van der Waals surface area (Å²) in [6, 6.07) is 10.6. The van der Waals surface area contributed by atoms with Crippen LogP contribution in [0.3, 0.4) is 0 Å². The molecule has 7 nitrogen and oxygen atoms in total. The van der Waals surface area contributed by atoms with Crippen molar-refractivity contribution in [1.82, 2.24) is 14.5 Å². The predicted octanol–water partition coefficient (Wildman–Crippen LogP) is 4.51. The quantitative estimate of drug-likeness (QED) is 0.462. The second-order valence-electron chi connectivity index (χ2n) is 5.94. The zero-order chi connectivity index (χ0) is 20.4. The van der Waals surface area contributed by atoms with Crippen LogP contribution in [0.15, 0.2) is 66.8 Å². The third-order valence-corrected chi connectivity index (χ3v) is 5.27. The first-order valence-electron chi connectivity index (χ1n) is 8.47. The number of rotatable bonds is 5. The Morgan fingerprint density at radius 1 is 1.21 bits per heavy atom. The van der Waals surface area contributed by atoms with Crippen LogP contribution in [0.4, 0.5) is 11.6 Å². The topological polar surface area (TPSA) is 88.9 Å². The van der Waals surface area contributed by atoms with Gasteiger partial charge in [0.2, 0.25) is 11.9 Å². The van der Waals surface area contributed by atoms with Crippen molar-refractivity contribution < 1.29 is 9.59 Å². The van der Waals surface area contributed by atoms with Crippen LogP contribution in [0.5, 0.6) is 0 Å². The molecule has 4 aromatic rings. The lowest BCUT2D eigenvalue weighted by atomic mass is 10.3. The average Bonchev–Trinajstić information content (AvgIpc) is 3.33. The molecule has 0 aliphatic carbocycles. The summed E-state index contributed by atoms with van der Waals surface area (Å²) < 4.78 is 1.75. The maximum Gasteiger partial charge on any atom is 0.268 e. The molecule has 0 saturated carbocycles. The fourth-order valence-corrected chi connectivity index (χ4v) is 3.77.